The van der Waals surface area contributed by atoms with Gasteiger partial charge in [-0.3, -0.25) is 0 Å². The summed E-state index contributed by atoms with van der Waals surface area (Å²) in [5.74, 6) is 0.964. The highest BCUT2D eigenvalue weighted by atomic mass is 14.2. The molecule has 1 saturated carbocycles. The van der Waals surface area contributed by atoms with Crippen molar-refractivity contribution in [3.05, 3.63) is 71.3 Å². The Morgan fingerprint density at radius 1 is 0.692 bits per heavy atom. The van der Waals surface area contributed by atoms with Gasteiger partial charge in [0.15, 0.2) is 0 Å². The summed E-state index contributed by atoms with van der Waals surface area (Å²) in [5.41, 5.74) is 4.22. The molecule has 0 spiro atoms. The highest BCUT2D eigenvalue weighted by molar-refractivity contribution is 5.21. The predicted octanol–water partition coefficient (Wildman–Crippen LogP) is 8.56. The summed E-state index contributed by atoms with van der Waals surface area (Å²) in [4.78, 5) is 0. The van der Waals surface area contributed by atoms with E-state index >= 15 is 0 Å². The Morgan fingerprint density at radius 3 is 1.58 bits per heavy atom. The van der Waals surface area contributed by atoms with Gasteiger partial charge in [0.25, 0.3) is 0 Å². The smallest absolute Gasteiger partial charge is 0.0250 e. The molecule has 1 aliphatic carbocycles. The summed E-state index contributed by atoms with van der Waals surface area (Å²) in [6, 6.07) is 19.3. The van der Waals surface area contributed by atoms with E-state index in [4.69, 9.17) is 0 Å². The second-order valence-electron chi connectivity index (χ2n) is 7.06. The minimum Gasteiger partial charge on any atom is -0.0683 e. The maximum absolute atomic E-state index is 2.30. The van der Waals surface area contributed by atoms with Gasteiger partial charge in [0.05, 0.1) is 0 Å². The van der Waals surface area contributed by atoms with Crippen LogP contribution in [-0.4, -0.2) is 0 Å². The van der Waals surface area contributed by atoms with Crippen molar-refractivity contribution in [3.8, 4) is 0 Å². The van der Waals surface area contributed by atoms with Crippen molar-refractivity contribution < 1.29 is 0 Å². The largest absolute Gasteiger partial charge is 0.0683 e. The molecule has 2 aromatic rings. The van der Waals surface area contributed by atoms with Crippen LogP contribution in [0.3, 0.4) is 0 Å². The lowest BCUT2D eigenvalue weighted by atomic mass is 9.85. The molecule has 0 amide bonds. The lowest BCUT2D eigenvalue weighted by molar-refractivity contribution is 0.356. The van der Waals surface area contributed by atoms with Gasteiger partial charge in [-0.25, -0.2) is 0 Å². The van der Waals surface area contributed by atoms with Gasteiger partial charge in [-0.15, -0.1) is 0 Å². The summed E-state index contributed by atoms with van der Waals surface area (Å²) in [5, 5.41) is 0. The number of hydrogen-bond donors (Lipinski definition) is 0. The molecule has 0 nitrogen and oxygen atoms in total. The summed E-state index contributed by atoms with van der Waals surface area (Å²) in [6.07, 6.45) is 9.83. The van der Waals surface area contributed by atoms with Crippen LogP contribution in [0.25, 0.3) is 0 Å². The molecule has 0 heterocycles. The fourth-order valence-corrected chi connectivity index (χ4v) is 2.98. The third-order valence-corrected chi connectivity index (χ3v) is 4.31. The van der Waals surface area contributed by atoms with Crippen LogP contribution in [-0.2, 0) is 6.42 Å². The Kier molecular flexibility index (Phi) is 15.9. The average Bonchev–Trinajstić information content (AvgIpc) is 2.68. The van der Waals surface area contributed by atoms with Crippen molar-refractivity contribution in [2.45, 2.75) is 86.5 Å². The number of aryl methyl sites for hydroxylation is 2. The highest BCUT2D eigenvalue weighted by Gasteiger charge is 2.13. The Bertz CT molecular complexity index is 503. The molecule has 0 unspecified atom stereocenters. The topological polar surface area (TPSA) is 0 Å². The minimum atomic E-state index is 0.964. The van der Waals surface area contributed by atoms with Crippen molar-refractivity contribution in [2.24, 2.45) is 5.92 Å². The molecule has 0 saturated heterocycles. The minimum absolute atomic E-state index is 0.964. The van der Waals surface area contributed by atoms with Crippen molar-refractivity contribution >= 4 is 0 Å². The standard InChI is InChI=1S/C14H20.C7H8.C3H8.C2H6/c1-12-7-9-14(10-8-12)11-13-5-3-2-4-6-13;1-7-5-3-2-4-6-7;1-3-2;1-2/h7-10,13H,2-6,11H2,1H3;2-6H,1H3;3H2,1-2H3;1-2H3. The molecule has 0 heteroatoms. The van der Waals surface area contributed by atoms with Gasteiger partial charge in [-0.1, -0.05) is 132 Å². The summed E-state index contributed by atoms with van der Waals surface area (Å²) < 4.78 is 0. The average molecular weight is 355 g/mol. The van der Waals surface area contributed by atoms with E-state index in [2.05, 4.69) is 64.1 Å². The SMILES string of the molecule is CC.CCC.Cc1ccc(CC2CCCCC2)cc1.Cc1ccccc1. The van der Waals surface area contributed by atoms with Crippen LogP contribution < -0.4 is 0 Å². The first kappa shape index (κ1) is 24.4. The Hall–Kier alpha value is -1.56. The monoisotopic (exact) mass is 354 g/mol. The molecule has 0 bridgehead atoms. The summed E-state index contributed by atoms with van der Waals surface area (Å²) in [6.45, 7) is 12.5. The van der Waals surface area contributed by atoms with E-state index < -0.39 is 0 Å². The van der Waals surface area contributed by atoms with Crippen LogP contribution in [0.4, 0.5) is 0 Å². The number of hydrogen-bond acceptors (Lipinski definition) is 0. The van der Waals surface area contributed by atoms with Crippen LogP contribution >= 0.6 is 0 Å². The van der Waals surface area contributed by atoms with Gasteiger partial charge in [0, 0.05) is 0 Å². The normalized spacial score (nSPS) is 13.2. The lowest BCUT2D eigenvalue weighted by Gasteiger charge is -2.21. The first-order chi connectivity index (χ1) is 12.7. The molecule has 0 radical (unpaired) electrons. The fraction of sp³-hybridized carbons (Fsp3) is 0.538. The molecule has 26 heavy (non-hydrogen) atoms. The molecule has 1 fully saturated rings. The van der Waals surface area contributed by atoms with Gasteiger partial charge in [0.2, 0.25) is 0 Å². The van der Waals surface area contributed by atoms with Gasteiger partial charge >= 0.3 is 0 Å². The Labute approximate surface area is 164 Å². The van der Waals surface area contributed by atoms with Gasteiger partial charge in [-0.2, -0.15) is 0 Å². The maximum Gasteiger partial charge on any atom is -0.0250 e. The molecular formula is C26H42. The molecule has 3 rings (SSSR count). The number of rotatable bonds is 2. The Morgan fingerprint density at radius 2 is 1.15 bits per heavy atom. The van der Waals surface area contributed by atoms with Crippen LogP contribution in [0.5, 0.6) is 0 Å². The van der Waals surface area contributed by atoms with Crippen LogP contribution in [0.15, 0.2) is 54.6 Å². The first-order valence-corrected chi connectivity index (χ1v) is 10.7. The Balaban J connectivity index is 0.000000437. The van der Waals surface area contributed by atoms with Gasteiger partial charge < -0.3 is 0 Å². The molecule has 0 N–H and O–H groups in total. The van der Waals surface area contributed by atoms with E-state index in [0.717, 1.165) is 5.92 Å². The van der Waals surface area contributed by atoms with Crippen LogP contribution in [0, 0.1) is 19.8 Å². The zero-order chi connectivity index (χ0) is 19.6. The van der Waals surface area contributed by atoms with Gasteiger partial charge in [-0.05, 0) is 31.7 Å². The molecule has 0 aliphatic heterocycles. The second kappa shape index (κ2) is 16.9. The van der Waals surface area contributed by atoms with E-state index in [9.17, 15) is 0 Å². The molecule has 1 aliphatic rings. The van der Waals surface area contributed by atoms with Crippen molar-refractivity contribution in [1.29, 1.82) is 0 Å². The molecule has 146 valence electrons. The van der Waals surface area contributed by atoms with Gasteiger partial charge in [0.1, 0.15) is 0 Å². The molecule has 0 aromatic heterocycles. The highest BCUT2D eigenvalue weighted by Crippen LogP contribution is 2.26. The third-order valence-electron chi connectivity index (χ3n) is 4.31. The summed E-state index contributed by atoms with van der Waals surface area (Å²) >= 11 is 0. The van der Waals surface area contributed by atoms with E-state index in [1.165, 1.54) is 61.6 Å². The fourth-order valence-electron chi connectivity index (χ4n) is 2.98. The van der Waals surface area contributed by atoms with E-state index in [0.29, 0.717) is 0 Å². The first-order valence-electron chi connectivity index (χ1n) is 10.7. The van der Waals surface area contributed by atoms with Crippen LogP contribution in [0.2, 0.25) is 0 Å². The quantitative estimate of drug-likeness (QED) is 0.506. The van der Waals surface area contributed by atoms with Crippen molar-refractivity contribution in [3.63, 3.8) is 0 Å². The van der Waals surface area contributed by atoms with Crippen molar-refractivity contribution in [2.75, 3.05) is 0 Å². The van der Waals surface area contributed by atoms with E-state index in [1.54, 1.807) is 0 Å². The maximum atomic E-state index is 2.30. The summed E-state index contributed by atoms with van der Waals surface area (Å²) in [7, 11) is 0. The van der Waals surface area contributed by atoms with E-state index in [1.807, 2.05) is 32.0 Å². The van der Waals surface area contributed by atoms with E-state index in [-0.39, 0.29) is 0 Å². The molecule has 0 atom stereocenters. The molecule has 2 aromatic carbocycles. The van der Waals surface area contributed by atoms with Crippen LogP contribution in [0.1, 0.15) is 82.9 Å². The second-order valence-corrected chi connectivity index (χ2v) is 7.06. The lowest BCUT2D eigenvalue weighted by Crippen LogP contribution is -2.09. The predicted molar refractivity (Wildman–Crippen MR) is 120 cm³/mol. The zero-order valence-electron chi connectivity index (χ0n) is 18.2. The third kappa shape index (κ3) is 12.8. The zero-order valence-corrected chi connectivity index (χ0v) is 18.2. The number of benzene rings is 2. The molecular weight excluding hydrogens is 312 g/mol. The van der Waals surface area contributed by atoms with Crippen molar-refractivity contribution in [1.82, 2.24) is 0 Å².